The van der Waals surface area contributed by atoms with Gasteiger partial charge in [-0.1, -0.05) is 28.1 Å². The molecule has 2 aromatic rings. The van der Waals surface area contributed by atoms with E-state index >= 15 is 0 Å². The van der Waals surface area contributed by atoms with Gasteiger partial charge in [0.15, 0.2) is 5.78 Å². The maximum atomic E-state index is 13.2. The lowest BCUT2D eigenvalue weighted by Gasteiger charge is -2.10. The van der Waals surface area contributed by atoms with Gasteiger partial charge >= 0.3 is 0 Å². The molecule has 0 atom stereocenters. The van der Waals surface area contributed by atoms with E-state index in [0.29, 0.717) is 21.3 Å². The van der Waals surface area contributed by atoms with Crippen molar-refractivity contribution in [1.82, 2.24) is 0 Å². The Morgan fingerprint density at radius 1 is 1.26 bits per heavy atom. The lowest BCUT2D eigenvalue weighted by molar-refractivity contribution is 0.101. The number of para-hydroxylation sites is 1. The molecule has 98 valence electrons. The summed E-state index contributed by atoms with van der Waals surface area (Å²) in [7, 11) is 0. The predicted octanol–water partition coefficient (Wildman–Crippen LogP) is 4.37. The van der Waals surface area contributed by atoms with Crippen LogP contribution in [0.25, 0.3) is 0 Å². The van der Waals surface area contributed by atoms with Crippen LogP contribution in [-0.4, -0.2) is 5.78 Å². The van der Waals surface area contributed by atoms with Gasteiger partial charge in [-0.2, -0.15) is 0 Å². The molecule has 0 aliphatic heterocycles. The van der Waals surface area contributed by atoms with Gasteiger partial charge in [-0.15, -0.1) is 0 Å². The van der Waals surface area contributed by atoms with E-state index < -0.39 is 0 Å². The Hall–Kier alpha value is -1.68. The van der Waals surface area contributed by atoms with Crippen LogP contribution < -0.4 is 4.74 Å². The molecule has 0 aliphatic rings. The Morgan fingerprint density at radius 3 is 2.68 bits per heavy atom. The first-order chi connectivity index (χ1) is 9.06. The van der Waals surface area contributed by atoms with E-state index in [-0.39, 0.29) is 18.2 Å². The SMILES string of the molecule is CC(=O)c1ccccc1OCc1cc(F)cc(Br)c1. The zero-order valence-electron chi connectivity index (χ0n) is 10.3. The first kappa shape index (κ1) is 13.7. The fourth-order valence-electron chi connectivity index (χ4n) is 1.74. The molecule has 0 unspecified atom stereocenters. The van der Waals surface area contributed by atoms with Crippen LogP contribution in [0, 0.1) is 5.82 Å². The van der Waals surface area contributed by atoms with Crippen LogP contribution in [0.3, 0.4) is 0 Å². The largest absolute Gasteiger partial charge is 0.488 e. The molecule has 0 amide bonds. The molecule has 0 spiro atoms. The number of benzene rings is 2. The van der Waals surface area contributed by atoms with Gasteiger partial charge in [0.2, 0.25) is 0 Å². The zero-order chi connectivity index (χ0) is 13.8. The molecule has 0 radical (unpaired) electrons. The van der Waals surface area contributed by atoms with Crippen LogP contribution in [-0.2, 0) is 6.61 Å². The Kier molecular flexibility index (Phi) is 4.32. The van der Waals surface area contributed by atoms with E-state index in [2.05, 4.69) is 15.9 Å². The molecule has 0 bridgehead atoms. The van der Waals surface area contributed by atoms with Crippen molar-refractivity contribution in [3.63, 3.8) is 0 Å². The summed E-state index contributed by atoms with van der Waals surface area (Å²) < 4.78 is 19.5. The van der Waals surface area contributed by atoms with E-state index in [4.69, 9.17) is 4.74 Å². The van der Waals surface area contributed by atoms with E-state index in [1.807, 2.05) is 0 Å². The molecule has 2 aromatic carbocycles. The highest BCUT2D eigenvalue weighted by Crippen LogP contribution is 2.21. The predicted molar refractivity (Wildman–Crippen MR) is 74.9 cm³/mol. The van der Waals surface area contributed by atoms with Crippen molar-refractivity contribution < 1.29 is 13.9 Å². The van der Waals surface area contributed by atoms with Gasteiger partial charge in [-0.05, 0) is 42.8 Å². The number of Topliss-reactive ketones (excluding diaryl/α,β-unsaturated/α-hetero) is 1. The fraction of sp³-hybridized carbons (Fsp3) is 0.133. The first-order valence-electron chi connectivity index (χ1n) is 5.74. The average Bonchev–Trinajstić information content (AvgIpc) is 2.35. The summed E-state index contributed by atoms with van der Waals surface area (Å²) in [5.74, 6) is 0.124. The van der Waals surface area contributed by atoms with E-state index in [1.165, 1.54) is 19.1 Å². The van der Waals surface area contributed by atoms with Gasteiger partial charge in [-0.3, -0.25) is 4.79 Å². The van der Waals surface area contributed by atoms with Crippen molar-refractivity contribution in [3.05, 3.63) is 63.9 Å². The zero-order valence-corrected chi connectivity index (χ0v) is 11.9. The summed E-state index contributed by atoms with van der Waals surface area (Å²) in [5, 5.41) is 0. The molecule has 0 fully saturated rings. The van der Waals surface area contributed by atoms with Crippen molar-refractivity contribution in [2.75, 3.05) is 0 Å². The molecular formula is C15H12BrFO2. The smallest absolute Gasteiger partial charge is 0.163 e. The highest BCUT2D eigenvalue weighted by molar-refractivity contribution is 9.10. The Balaban J connectivity index is 2.16. The molecule has 0 saturated heterocycles. The van der Waals surface area contributed by atoms with Gasteiger partial charge in [0.1, 0.15) is 18.2 Å². The number of halogens is 2. The Labute approximate surface area is 119 Å². The van der Waals surface area contributed by atoms with Gasteiger partial charge < -0.3 is 4.74 Å². The number of carbonyl (C=O) groups excluding carboxylic acids is 1. The van der Waals surface area contributed by atoms with Crippen molar-refractivity contribution >= 4 is 21.7 Å². The number of rotatable bonds is 4. The minimum Gasteiger partial charge on any atom is -0.488 e. The number of ether oxygens (including phenoxy) is 1. The summed E-state index contributed by atoms with van der Waals surface area (Å²) in [6, 6.07) is 11.6. The van der Waals surface area contributed by atoms with Crippen LogP contribution >= 0.6 is 15.9 Å². The maximum absolute atomic E-state index is 13.2. The van der Waals surface area contributed by atoms with Crippen molar-refractivity contribution in [1.29, 1.82) is 0 Å². The fourth-order valence-corrected chi connectivity index (χ4v) is 2.25. The number of ketones is 1. The van der Waals surface area contributed by atoms with Crippen LogP contribution in [0.2, 0.25) is 0 Å². The molecular weight excluding hydrogens is 311 g/mol. The highest BCUT2D eigenvalue weighted by Gasteiger charge is 2.08. The van der Waals surface area contributed by atoms with E-state index in [9.17, 15) is 9.18 Å². The van der Waals surface area contributed by atoms with Crippen molar-refractivity contribution in [3.8, 4) is 5.75 Å². The van der Waals surface area contributed by atoms with Crippen LogP contribution in [0.5, 0.6) is 5.75 Å². The molecule has 4 heteroatoms. The maximum Gasteiger partial charge on any atom is 0.163 e. The molecule has 0 N–H and O–H groups in total. The van der Waals surface area contributed by atoms with Gasteiger partial charge in [0, 0.05) is 4.47 Å². The third-order valence-corrected chi connectivity index (χ3v) is 3.04. The van der Waals surface area contributed by atoms with Crippen LogP contribution in [0.15, 0.2) is 46.9 Å². The number of carbonyl (C=O) groups is 1. The normalized spacial score (nSPS) is 10.3. The monoisotopic (exact) mass is 322 g/mol. The Morgan fingerprint density at radius 2 is 2.00 bits per heavy atom. The third kappa shape index (κ3) is 3.64. The second-order valence-corrected chi connectivity index (χ2v) is 5.03. The van der Waals surface area contributed by atoms with Crippen LogP contribution in [0.1, 0.15) is 22.8 Å². The minimum atomic E-state index is -0.326. The minimum absolute atomic E-state index is 0.0592. The summed E-state index contributed by atoms with van der Waals surface area (Å²) >= 11 is 3.23. The standard InChI is InChI=1S/C15H12BrFO2/c1-10(18)14-4-2-3-5-15(14)19-9-11-6-12(16)8-13(17)7-11/h2-8H,9H2,1H3. The second kappa shape index (κ2) is 5.97. The lowest BCUT2D eigenvalue weighted by Crippen LogP contribution is -2.01. The van der Waals surface area contributed by atoms with E-state index in [1.54, 1.807) is 30.3 Å². The molecule has 2 rings (SSSR count). The van der Waals surface area contributed by atoms with E-state index in [0.717, 1.165) is 0 Å². The molecule has 0 aromatic heterocycles. The summed E-state index contributed by atoms with van der Waals surface area (Å²) in [5.41, 5.74) is 1.23. The number of hydrogen-bond acceptors (Lipinski definition) is 2. The first-order valence-corrected chi connectivity index (χ1v) is 6.53. The molecule has 0 heterocycles. The average molecular weight is 323 g/mol. The second-order valence-electron chi connectivity index (χ2n) is 4.12. The molecule has 0 saturated carbocycles. The van der Waals surface area contributed by atoms with Gasteiger partial charge in [0.25, 0.3) is 0 Å². The molecule has 19 heavy (non-hydrogen) atoms. The van der Waals surface area contributed by atoms with Crippen molar-refractivity contribution in [2.24, 2.45) is 0 Å². The van der Waals surface area contributed by atoms with Crippen LogP contribution in [0.4, 0.5) is 4.39 Å². The third-order valence-electron chi connectivity index (χ3n) is 2.58. The molecule has 0 aliphatic carbocycles. The summed E-state index contributed by atoms with van der Waals surface area (Å²) in [4.78, 5) is 11.4. The highest BCUT2D eigenvalue weighted by atomic mass is 79.9. The topological polar surface area (TPSA) is 26.3 Å². The summed E-state index contributed by atoms with van der Waals surface area (Å²) in [6.07, 6.45) is 0. The summed E-state index contributed by atoms with van der Waals surface area (Å²) in [6.45, 7) is 1.70. The Bertz CT molecular complexity index is 591. The van der Waals surface area contributed by atoms with Gasteiger partial charge in [-0.25, -0.2) is 4.39 Å². The quantitative estimate of drug-likeness (QED) is 0.781. The van der Waals surface area contributed by atoms with Crippen molar-refractivity contribution in [2.45, 2.75) is 13.5 Å². The lowest BCUT2D eigenvalue weighted by atomic mass is 10.1. The van der Waals surface area contributed by atoms with Gasteiger partial charge in [0.05, 0.1) is 5.56 Å². The molecule has 2 nitrogen and oxygen atoms in total. The number of hydrogen-bond donors (Lipinski definition) is 0.